The Kier molecular flexibility index (Phi) is 4.21. The van der Waals surface area contributed by atoms with Gasteiger partial charge in [-0.1, -0.05) is 6.07 Å². The molecule has 140 valence electrons. The second kappa shape index (κ2) is 7.01. The van der Waals surface area contributed by atoms with Crippen molar-refractivity contribution < 1.29 is 4.39 Å². The molecule has 1 aliphatic rings. The molecule has 6 nitrogen and oxygen atoms in total. The third-order valence-corrected chi connectivity index (χ3v) is 5.16. The molecular weight excluding hydrogens is 355 g/mol. The third kappa shape index (κ3) is 2.99. The van der Waals surface area contributed by atoms with E-state index in [-0.39, 0.29) is 11.9 Å². The first-order valence-electron chi connectivity index (χ1n) is 9.25. The standard InChI is InChI=1S/C21H19FN6/c22-16-5-6-19(28-10-3-9-26-28)15(12-16)13-27-11-7-17-20(25-14-24-17)21(27)18-4-1-2-8-23-18/h1-6,8-10,12,14,21H,7,11,13H2,(H,24,25)/t21-/m1/s1. The van der Waals surface area contributed by atoms with Crippen molar-refractivity contribution in [3.05, 3.63) is 95.8 Å². The summed E-state index contributed by atoms with van der Waals surface area (Å²) in [7, 11) is 0. The summed E-state index contributed by atoms with van der Waals surface area (Å²) in [6, 6.07) is 12.5. The number of benzene rings is 1. The number of nitrogens with one attached hydrogen (secondary N) is 1. The van der Waals surface area contributed by atoms with Crippen LogP contribution in [0.4, 0.5) is 4.39 Å². The molecule has 0 bridgehead atoms. The third-order valence-electron chi connectivity index (χ3n) is 5.16. The maximum atomic E-state index is 14.1. The molecule has 1 aromatic carbocycles. The first kappa shape index (κ1) is 16.8. The monoisotopic (exact) mass is 374 g/mol. The van der Waals surface area contributed by atoms with Crippen molar-refractivity contribution in [2.45, 2.75) is 19.0 Å². The largest absolute Gasteiger partial charge is 0.348 e. The SMILES string of the molecule is Fc1ccc(-n2cccn2)c(CN2CCc3[nH]cnc3[C@H]2c2ccccn2)c1. The summed E-state index contributed by atoms with van der Waals surface area (Å²) < 4.78 is 15.8. The molecule has 7 heteroatoms. The van der Waals surface area contributed by atoms with E-state index in [1.165, 1.54) is 6.07 Å². The zero-order valence-corrected chi connectivity index (χ0v) is 15.2. The fourth-order valence-electron chi connectivity index (χ4n) is 3.89. The second-order valence-electron chi connectivity index (χ2n) is 6.87. The van der Waals surface area contributed by atoms with E-state index < -0.39 is 0 Å². The van der Waals surface area contributed by atoms with Gasteiger partial charge in [0.05, 0.1) is 29.4 Å². The number of nitrogens with zero attached hydrogens (tertiary/aromatic N) is 5. The fourth-order valence-corrected chi connectivity index (χ4v) is 3.89. The molecule has 0 saturated heterocycles. The Morgan fingerprint density at radius 1 is 1.11 bits per heavy atom. The number of fused-ring (bicyclic) bond motifs is 1. The van der Waals surface area contributed by atoms with Crippen LogP contribution in [0.25, 0.3) is 5.69 Å². The molecule has 3 aromatic heterocycles. The van der Waals surface area contributed by atoms with Gasteiger partial charge in [0.25, 0.3) is 0 Å². The average Bonchev–Trinajstić information content (AvgIpc) is 3.40. The Hall–Kier alpha value is -3.32. The Labute approximate surface area is 161 Å². The summed E-state index contributed by atoms with van der Waals surface area (Å²) in [5.74, 6) is -0.252. The molecule has 1 N–H and O–H groups in total. The van der Waals surface area contributed by atoms with Crippen LogP contribution in [0.1, 0.15) is 28.7 Å². The molecule has 0 amide bonds. The van der Waals surface area contributed by atoms with Crippen LogP contribution in [0.2, 0.25) is 0 Å². The number of halogens is 1. The normalized spacial score (nSPS) is 16.8. The van der Waals surface area contributed by atoms with Gasteiger partial charge in [-0.05, 0) is 42.0 Å². The van der Waals surface area contributed by atoms with E-state index in [1.54, 1.807) is 35.5 Å². The van der Waals surface area contributed by atoms with Crippen LogP contribution in [0.15, 0.2) is 67.4 Å². The van der Waals surface area contributed by atoms with Crippen molar-refractivity contribution in [3.63, 3.8) is 0 Å². The van der Waals surface area contributed by atoms with Crippen LogP contribution >= 0.6 is 0 Å². The first-order valence-corrected chi connectivity index (χ1v) is 9.25. The number of pyridine rings is 1. The summed E-state index contributed by atoms with van der Waals surface area (Å²) in [6.07, 6.45) is 7.99. The van der Waals surface area contributed by atoms with Gasteiger partial charge in [-0.15, -0.1) is 0 Å². The second-order valence-corrected chi connectivity index (χ2v) is 6.87. The number of H-pyrrole nitrogens is 1. The van der Waals surface area contributed by atoms with Gasteiger partial charge in [-0.2, -0.15) is 5.10 Å². The smallest absolute Gasteiger partial charge is 0.123 e. The minimum Gasteiger partial charge on any atom is -0.348 e. The number of hydrogen-bond donors (Lipinski definition) is 1. The topological polar surface area (TPSA) is 62.6 Å². The van der Waals surface area contributed by atoms with E-state index in [0.717, 1.165) is 41.3 Å². The zero-order valence-electron chi connectivity index (χ0n) is 15.2. The molecule has 4 aromatic rings. The highest BCUT2D eigenvalue weighted by atomic mass is 19.1. The lowest BCUT2D eigenvalue weighted by molar-refractivity contribution is 0.196. The van der Waals surface area contributed by atoms with Gasteiger partial charge < -0.3 is 4.98 Å². The van der Waals surface area contributed by atoms with Crippen LogP contribution in [-0.2, 0) is 13.0 Å². The van der Waals surface area contributed by atoms with Crippen LogP contribution < -0.4 is 0 Å². The number of aromatic amines is 1. The van der Waals surface area contributed by atoms with Crippen molar-refractivity contribution >= 4 is 0 Å². The highest BCUT2D eigenvalue weighted by molar-refractivity contribution is 5.41. The first-order chi connectivity index (χ1) is 13.8. The van der Waals surface area contributed by atoms with E-state index in [0.29, 0.717) is 6.54 Å². The van der Waals surface area contributed by atoms with Crippen molar-refractivity contribution in [3.8, 4) is 5.69 Å². The van der Waals surface area contributed by atoms with Gasteiger partial charge in [0, 0.05) is 43.8 Å². The summed E-state index contributed by atoms with van der Waals surface area (Å²) in [6.45, 7) is 1.39. The van der Waals surface area contributed by atoms with Gasteiger partial charge in [-0.3, -0.25) is 9.88 Å². The van der Waals surface area contributed by atoms with Gasteiger partial charge in [0.15, 0.2) is 0 Å². The maximum Gasteiger partial charge on any atom is 0.123 e. The molecule has 1 atom stereocenters. The highest BCUT2D eigenvalue weighted by Gasteiger charge is 2.32. The van der Waals surface area contributed by atoms with Gasteiger partial charge in [-0.25, -0.2) is 14.1 Å². The Morgan fingerprint density at radius 2 is 2.07 bits per heavy atom. The van der Waals surface area contributed by atoms with Gasteiger partial charge >= 0.3 is 0 Å². The molecule has 0 spiro atoms. The molecule has 0 fully saturated rings. The highest BCUT2D eigenvalue weighted by Crippen LogP contribution is 2.34. The minimum absolute atomic E-state index is 0.0788. The predicted octanol–water partition coefficient (Wildman–Crippen LogP) is 3.28. The molecule has 4 heterocycles. The number of hydrogen-bond acceptors (Lipinski definition) is 4. The molecule has 28 heavy (non-hydrogen) atoms. The van der Waals surface area contributed by atoms with Crippen LogP contribution in [0, 0.1) is 5.82 Å². The van der Waals surface area contributed by atoms with Crippen molar-refractivity contribution in [2.75, 3.05) is 6.54 Å². The fraction of sp³-hybridized carbons (Fsp3) is 0.190. The van der Waals surface area contributed by atoms with Crippen LogP contribution in [-0.4, -0.2) is 36.2 Å². The minimum atomic E-state index is -0.252. The average molecular weight is 374 g/mol. The Bertz CT molecular complexity index is 1070. The number of imidazole rings is 1. The lowest BCUT2D eigenvalue weighted by Crippen LogP contribution is -2.36. The van der Waals surface area contributed by atoms with E-state index in [4.69, 9.17) is 0 Å². The predicted molar refractivity (Wildman–Crippen MR) is 102 cm³/mol. The molecule has 0 unspecified atom stereocenters. The van der Waals surface area contributed by atoms with E-state index in [1.807, 2.05) is 30.5 Å². The van der Waals surface area contributed by atoms with Crippen LogP contribution in [0.3, 0.4) is 0 Å². The molecule has 1 aliphatic heterocycles. The lowest BCUT2D eigenvalue weighted by Gasteiger charge is -2.35. The van der Waals surface area contributed by atoms with Gasteiger partial charge in [0.2, 0.25) is 0 Å². The summed E-state index contributed by atoms with van der Waals surface area (Å²) in [5, 5.41) is 4.32. The number of aromatic nitrogens is 5. The van der Waals surface area contributed by atoms with E-state index >= 15 is 0 Å². The molecule has 0 aliphatic carbocycles. The zero-order chi connectivity index (χ0) is 18.9. The van der Waals surface area contributed by atoms with E-state index in [9.17, 15) is 4.39 Å². The Morgan fingerprint density at radius 3 is 2.89 bits per heavy atom. The van der Waals surface area contributed by atoms with E-state index in [2.05, 4.69) is 25.0 Å². The molecule has 0 saturated carbocycles. The summed E-state index contributed by atoms with van der Waals surface area (Å²) >= 11 is 0. The van der Waals surface area contributed by atoms with Gasteiger partial charge in [0.1, 0.15) is 5.82 Å². The van der Waals surface area contributed by atoms with Crippen molar-refractivity contribution in [1.82, 2.24) is 29.6 Å². The lowest BCUT2D eigenvalue weighted by atomic mass is 9.98. The summed E-state index contributed by atoms with van der Waals surface area (Å²) in [4.78, 5) is 14.7. The maximum absolute atomic E-state index is 14.1. The molecule has 5 rings (SSSR count). The Balaban J connectivity index is 1.56. The van der Waals surface area contributed by atoms with Crippen molar-refractivity contribution in [1.29, 1.82) is 0 Å². The summed E-state index contributed by atoms with van der Waals surface area (Å²) in [5.41, 5.74) is 4.82. The van der Waals surface area contributed by atoms with Crippen molar-refractivity contribution in [2.24, 2.45) is 0 Å². The molecule has 0 radical (unpaired) electrons. The molecular formula is C21H19FN6. The quantitative estimate of drug-likeness (QED) is 0.596. The number of rotatable bonds is 4. The van der Waals surface area contributed by atoms with Crippen LogP contribution in [0.5, 0.6) is 0 Å².